The van der Waals surface area contributed by atoms with E-state index in [-0.39, 0.29) is 34.9 Å². The molecule has 238 valence electrons. The Bertz CT molecular complexity index is 1640. The highest BCUT2D eigenvalue weighted by Crippen LogP contribution is 2.31. The van der Waals surface area contributed by atoms with Crippen LogP contribution >= 0.6 is 11.6 Å². The Morgan fingerprint density at radius 2 is 1.95 bits per heavy atom. The van der Waals surface area contributed by atoms with Crippen LogP contribution in [0.2, 0.25) is 5.02 Å². The summed E-state index contributed by atoms with van der Waals surface area (Å²) in [5, 5.41) is 19.9. The lowest BCUT2D eigenvalue weighted by Gasteiger charge is -2.16. The first kappa shape index (κ1) is 34.8. The molecule has 10 nitrogen and oxygen atoms in total. The number of aromatic amines is 1. The standard InChI is InChI=1S/C30H36ClF2N7O2.CH4O/c1-17(36-9-4-10-37-18(2)34)23-8-7-22(14-26(23)32)40-15-20-13-27(38-29(20)39-30(40)42)24-11-19(12-25(31)28(24)33)5-3-6-21(35)16-41;1-2/h7-8,11-15,17,21,36,41H,3-6,9-10,16,35H2,1-2H3,(H2,34,37)(H,38,39,42);2H,1H3. The molecule has 4 aromatic rings. The van der Waals surface area contributed by atoms with Crippen LogP contribution in [0.15, 0.2) is 52.4 Å². The monoisotopic (exact) mass is 631 g/mol. The molecular weight excluding hydrogens is 592 g/mol. The number of aliphatic hydroxyl groups excluding tert-OH is 2. The summed E-state index contributed by atoms with van der Waals surface area (Å²) in [5.74, 6) is -0.531. The fourth-order valence-corrected chi connectivity index (χ4v) is 4.99. The summed E-state index contributed by atoms with van der Waals surface area (Å²) in [7, 11) is 1.00. The molecule has 44 heavy (non-hydrogen) atoms. The van der Waals surface area contributed by atoms with Crippen molar-refractivity contribution < 1.29 is 19.0 Å². The molecule has 2 aromatic carbocycles. The van der Waals surface area contributed by atoms with Gasteiger partial charge in [0.1, 0.15) is 11.5 Å². The molecule has 13 heteroatoms. The summed E-state index contributed by atoms with van der Waals surface area (Å²) in [4.78, 5) is 24.1. The maximum atomic E-state index is 15.1. The van der Waals surface area contributed by atoms with Crippen molar-refractivity contribution in [1.29, 1.82) is 0 Å². The molecule has 0 aliphatic heterocycles. The van der Waals surface area contributed by atoms with E-state index in [1.165, 1.54) is 10.6 Å². The van der Waals surface area contributed by atoms with E-state index in [0.29, 0.717) is 60.5 Å². The van der Waals surface area contributed by atoms with Crippen LogP contribution in [0.4, 0.5) is 8.78 Å². The lowest BCUT2D eigenvalue weighted by molar-refractivity contribution is 0.258. The van der Waals surface area contributed by atoms with Gasteiger partial charge >= 0.3 is 5.69 Å². The summed E-state index contributed by atoms with van der Waals surface area (Å²) in [6.45, 7) is 4.73. The van der Waals surface area contributed by atoms with Crippen molar-refractivity contribution in [2.45, 2.75) is 51.6 Å². The summed E-state index contributed by atoms with van der Waals surface area (Å²) in [5.41, 5.74) is 13.2. The van der Waals surface area contributed by atoms with Crippen molar-refractivity contribution in [3.05, 3.63) is 80.9 Å². The third-order valence-electron chi connectivity index (χ3n) is 7.04. The van der Waals surface area contributed by atoms with E-state index >= 15 is 8.78 Å². The van der Waals surface area contributed by atoms with Gasteiger partial charge in [0.15, 0.2) is 5.82 Å². The molecule has 2 atom stereocenters. The first-order valence-corrected chi connectivity index (χ1v) is 14.7. The number of aliphatic imine (C=N–C) groups is 1. The number of H-pyrrole nitrogens is 1. The van der Waals surface area contributed by atoms with Gasteiger partial charge in [-0.05, 0) is 82.0 Å². The second kappa shape index (κ2) is 16.4. The van der Waals surface area contributed by atoms with Crippen molar-refractivity contribution in [2.24, 2.45) is 16.5 Å². The fourth-order valence-electron chi connectivity index (χ4n) is 4.75. The molecular formula is C31H40ClF2N7O3. The smallest absolute Gasteiger partial charge is 0.354 e. The van der Waals surface area contributed by atoms with Gasteiger partial charge in [0, 0.05) is 48.4 Å². The van der Waals surface area contributed by atoms with Crippen LogP contribution < -0.4 is 22.5 Å². The van der Waals surface area contributed by atoms with Gasteiger partial charge in [-0.1, -0.05) is 17.7 Å². The minimum atomic E-state index is -0.613. The summed E-state index contributed by atoms with van der Waals surface area (Å²) in [6, 6.07) is 8.96. The third kappa shape index (κ3) is 8.93. The number of aromatic nitrogens is 3. The number of hydrogen-bond acceptors (Lipinski definition) is 7. The first-order valence-electron chi connectivity index (χ1n) is 14.3. The molecule has 0 aliphatic carbocycles. The number of nitrogens with one attached hydrogen (secondary N) is 2. The Hall–Kier alpha value is -3.68. The van der Waals surface area contributed by atoms with Crippen LogP contribution in [-0.4, -0.2) is 63.4 Å². The molecule has 0 saturated heterocycles. The van der Waals surface area contributed by atoms with E-state index in [1.54, 1.807) is 43.5 Å². The molecule has 8 N–H and O–H groups in total. The molecule has 2 heterocycles. The minimum Gasteiger partial charge on any atom is -0.400 e. The Kier molecular flexibility index (Phi) is 13.0. The molecule has 0 amide bonds. The number of halogens is 3. The second-order valence-electron chi connectivity index (χ2n) is 10.4. The van der Waals surface area contributed by atoms with E-state index in [4.69, 9.17) is 33.3 Å². The van der Waals surface area contributed by atoms with Gasteiger partial charge in [0.2, 0.25) is 0 Å². The van der Waals surface area contributed by atoms with Crippen molar-refractivity contribution in [3.63, 3.8) is 0 Å². The third-order valence-corrected chi connectivity index (χ3v) is 7.31. The number of rotatable bonds is 13. The molecule has 0 spiro atoms. The number of hydrogen-bond donors (Lipinski definition) is 6. The predicted molar refractivity (Wildman–Crippen MR) is 171 cm³/mol. The molecule has 0 fully saturated rings. The van der Waals surface area contributed by atoms with Crippen LogP contribution in [0, 0.1) is 11.6 Å². The Balaban J connectivity index is 0.00000259. The van der Waals surface area contributed by atoms with E-state index in [0.717, 1.165) is 19.1 Å². The lowest BCUT2D eigenvalue weighted by atomic mass is 10.0. The number of benzene rings is 2. The van der Waals surface area contributed by atoms with Crippen LogP contribution in [0.3, 0.4) is 0 Å². The Morgan fingerprint density at radius 1 is 1.20 bits per heavy atom. The van der Waals surface area contributed by atoms with E-state index in [1.807, 2.05) is 6.92 Å². The summed E-state index contributed by atoms with van der Waals surface area (Å²) < 4.78 is 31.4. The average Bonchev–Trinajstić information content (AvgIpc) is 3.41. The maximum Gasteiger partial charge on any atom is 0.354 e. The first-order chi connectivity index (χ1) is 21.1. The molecule has 0 radical (unpaired) electrons. The molecule has 2 unspecified atom stereocenters. The van der Waals surface area contributed by atoms with Crippen molar-refractivity contribution in [1.82, 2.24) is 19.9 Å². The Morgan fingerprint density at radius 3 is 2.64 bits per heavy atom. The zero-order chi connectivity index (χ0) is 32.4. The highest BCUT2D eigenvalue weighted by atomic mass is 35.5. The van der Waals surface area contributed by atoms with Crippen LogP contribution in [0.5, 0.6) is 0 Å². The SMILES string of the molecule is CC(N)=NCCCNC(C)c1ccc(-n2cc3cc(-c4cc(CCCC(N)CO)cc(Cl)c4F)[nH]c3nc2=O)cc1F.CO. The van der Waals surface area contributed by atoms with Crippen LogP contribution in [-0.2, 0) is 6.42 Å². The highest BCUT2D eigenvalue weighted by Gasteiger charge is 2.17. The van der Waals surface area contributed by atoms with Gasteiger partial charge in [0.05, 0.1) is 28.8 Å². The zero-order valence-electron chi connectivity index (χ0n) is 25.1. The number of nitrogens with two attached hydrogens (primary N) is 2. The van der Waals surface area contributed by atoms with Gasteiger partial charge in [-0.2, -0.15) is 4.98 Å². The average molecular weight is 632 g/mol. The van der Waals surface area contributed by atoms with Gasteiger partial charge in [0.25, 0.3) is 0 Å². The van der Waals surface area contributed by atoms with E-state index in [9.17, 15) is 4.79 Å². The molecule has 0 aliphatic rings. The minimum absolute atomic E-state index is 0.0291. The number of fused-ring (bicyclic) bond motifs is 1. The van der Waals surface area contributed by atoms with Gasteiger partial charge < -0.3 is 32.0 Å². The van der Waals surface area contributed by atoms with Crippen molar-refractivity contribution >= 4 is 28.5 Å². The number of aryl methyl sites for hydroxylation is 1. The topological polar surface area (TPSA) is 168 Å². The van der Waals surface area contributed by atoms with Crippen LogP contribution in [0.1, 0.15) is 50.3 Å². The molecule has 2 aromatic heterocycles. The quantitative estimate of drug-likeness (QED) is 0.0737. The second-order valence-corrected chi connectivity index (χ2v) is 10.8. The van der Waals surface area contributed by atoms with Crippen molar-refractivity contribution in [2.75, 3.05) is 26.8 Å². The normalized spacial score (nSPS) is 13.1. The van der Waals surface area contributed by atoms with E-state index in [2.05, 4.69) is 20.3 Å². The fraction of sp³-hybridized carbons (Fsp3) is 0.387. The molecule has 0 bridgehead atoms. The van der Waals surface area contributed by atoms with E-state index < -0.39 is 17.3 Å². The number of aliphatic hydroxyl groups is 2. The van der Waals surface area contributed by atoms with Gasteiger partial charge in [-0.15, -0.1) is 0 Å². The lowest BCUT2D eigenvalue weighted by Crippen LogP contribution is -2.24. The predicted octanol–water partition coefficient (Wildman–Crippen LogP) is 3.98. The number of nitrogens with zero attached hydrogens (tertiary/aromatic N) is 3. The van der Waals surface area contributed by atoms with Crippen LogP contribution in [0.25, 0.3) is 28.0 Å². The summed E-state index contributed by atoms with van der Waals surface area (Å²) in [6.07, 6.45) is 4.22. The molecule has 0 saturated carbocycles. The maximum absolute atomic E-state index is 15.1. The largest absolute Gasteiger partial charge is 0.400 e. The number of amidine groups is 1. The Labute approximate surface area is 259 Å². The van der Waals surface area contributed by atoms with Crippen molar-refractivity contribution in [3.8, 4) is 16.9 Å². The summed E-state index contributed by atoms with van der Waals surface area (Å²) >= 11 is 6.20. The van der Waals surface area contributed by atoms with Gasteiger partial charge in [-0.3, -0.25) is 9.56 Å². The van der Waals surface area contributed by atoms with Gasteiger partial charge in [-0.25, -0.2) is 13.6 Å². The zero-order valence-corrected chi connectivity index (χ0v) is 25.8. The highest BCUT2D eigenvalue weighted by molar-refractivity contribution is 6.31. The molecule has 4 rings (SSSR count).